The van der Waals surface area contributed by atoms with E-state index >= 15 is 0 Å². The molecule has 0 atom stereocenters. The van der Waals surface area contributed by atoms with Gasteiger partial charge in [0.05, 0.1) is 0 Å². The third-order valence-corrected chi connectivity index (χ3v) is 4.33. The molecule has 4 aromatic rings. The second-order valence-corrected chi connectivity index (χ2v) is 6.21. The minimum Gasteiger partial charge on any atom is -0.369 e. The van der Waals surface area contributed by atoms with E-state index in [9.17, 15) is 0 Å². The van der Waals surface area contributed by atoms with E-state index in [4.69, 9.17) is 5.73 Å². The average Bonchev–Trinajstić information content (AvgIpc) is 3.13. The van der Waals surface area contributed by atoms with Crippen molar-refractivity contribution >= 4 is 28.4 Å². The standard InChI is InChI=1S/C20H21N7/c21-12-15-7-4-8-16(11-15)25-20-17-18(23-13-24-19(17)26-27-20)22-10-9-14-5-2-1-3-6-14/h1-8,11,13H,9-10,12,21H2,(H3,22,23,24,25,26,27). The van der Waals surface area contributed by atoms with E-state index < -0.39 is 0 Å². The van der Waals surface area contributed by atoms with Crippen LogP contribution in [0.5, 0.6) is 0 Å². The molecule has 0 spiro atoms. The van der Waals surface area contributed by atoms with Gasteiger partial charge in [-0.2, -0.15) is 5.10 Å². The van der Waals surface area contributed by atoms with Crippen LogP contribution in [0.2, 0.25) is 0 Å². The second kappa shape index (κ2) is 7.84. The number of hydrogen-bond donors (Lipinski definition) is 4. The SMILES string of the molecule is NCc1cccc(Nc2[nH]nc3ncnc(NCCc4ccccc4)c23)c1. The molecule has 2 heterocycles. The molecule has 0 unspecified atom stereocenters. The number of fused-ring (bicyclic) bond motifs is 1. The Morgan fingerprint density at radius 2 is 1.81 bits per heavy atom. The van der Waals surface area contributed by atoms with E-state index in [2.05, 4.69) is 42.9 Å². The summed E-state index contributed by atoms with van der Waals surface area (Å²) in [6, 6.07) is 18.3. The van der Waals surface area contributed by atoms with Crippen LogP contribution in [0.3, 0.4) is 0 Å². The van der Waals surface area contributed by atoms with Gasteiger partial charge in [0.1, 0.15) is 23.3 Å². The van der Waals surface area contributed by atoms with E-state index in [1.807, 2.05) is 42.5 Å². The van der Waals surface area contributed by atoms with Crippen molar-refractivity contribution in [2.75, 3.05) is 17.2 Å². The molecule has 0 radical (unpaired) electrons. The molecule has 2 aromatic carbocycles. The smallest absolute Gasteiger partial charge is 0.188 e. The number of H-pyrrole nitrogens is 1. The van der Waals surface area contributed by atoms with Crippen molar-refractivity contribution < 1.29 is 0 Å². The molecule has 0 amide bonds. The topological polar surface area (TPSA) is 105 Å². The Morgan fingerprint density at radius 1 is 0.963 bits per heavy atom. The van der Waals surface area contributed by atoms with Gasteiger partial charge in [-0.05, 0) is 29.7 Å². The highest BCUT2D eigenvalue weighted by Crippen LogP contribution is 2.28. The van der Waals surface area contributed by atoms with Crippen LogP contribution in [0, 0.1) is 0 Å². The molecule has 0 fully saturated rings. The molecule has 7 heteroatoms. The van der Waals surface area contributed by atoms with Gasteiger partial charge >= 0.3 is 0 Å². The maximum absolute atomic E-state index is 5.73. The lowest BCUT2D eigenvalue weighted by Gasteiger charge is -2.09. The van der Waals surface area contributed by atoms with E-state index in [0.717, 1.165) is 41.2 Å². The number of benzene rings is 2. The molecule has 136 valence electrons. The lowest BCUT2D eigenvalue weighted by atomic mass is 10.1. The number of anilines is 3. The Kier molecular flexibility index (Phi) is 4.93. The predicted octanol–water partition coefficient (Wildman–Crippen LogP) is 3.21. The molecule has 0 saturated heterocycles. The molecule has 27 heavy (non-hydrogen) atoms. The van der Waals surface area contributed by atoms with Gasteiger partial charge in [0.15, 0.2) is 5.65 Å². The van der Waals surface area contributed by atoms with Crippen LogP contribution < -0.4 is 16.4 Å². The molecule has 2 aromatic heterocycles. The quantitative estimate of drug-likeness (QED) is 0.404. The van der Waals surface area contributed by atoms with Crippen LogP contribution in [0.15, 0.2) is 60.9 Å². The molecule has 4 rings (SSSR count). The molecule has 7 nitrogen and oxygen atoms in total. The molecule has 0 saturated carbocycles. The summed E-state index contributed by atoms with van der Waals surface area (Å²) in [5.41, 5.74) is 9.61. The Bertz CT molecular complexity index is 1030. The van der Waals surface area contributed by atoms with Gasteiger partial charge < -0.3 is 16.4 Å². The van der Waals surface area contributed by atoms with Gasteiger partial charge in [0.25, 0.3) is 0 Å². The monoisotopic (exact) mass is 359 g/mol. The summed E-state index contributed by atoms with van der Waals surface area (Å²) in [4.78, 5) is 8.65. The highest BCUT2D eigenvalue weighted by molar-refractivity contribution is 5.97. The minimum atomic E-state index is 0.495. The molecule has 0 aliphatic rings. The van der Waals surface area contributed by atoms with Gasteiger partial charge in [0, 0.05) is 18.8 Å². The van der Waals surface area contributed by atoms with Crippen molar-refractivity contribution in [1.29, 1.82) is 0 Å². The number of nitrogens with zero attached hydrogens (tertiary/aromatic N) is 3. The molecule has 0 bridgehead atoms. The average molecular weight is 359 g/mol. The fraction of sp³-hybridized carbons (Fsp3) is 0.150. The Hall–Kier alpha value is -3.45. The zero-order chi connectivity index (χ0) is 18.5. The zero-order valence-corrected chi connectivity index (χ0v) is 14.8. The van der Waals surface area contributed by atoms with Crippen LogP contribution in [0.25, 0.3) is 11.0 Å². The maximum Gasteiger partial charge on any atom is 0.188 e. The first-order chi connectivity index (χ1) is 13.3. The second-order valence-electron chi connectivity index (χ2n) is 6.21. The normalized spacial score (nSPS) is 10.9. The number of rotatable bonds is 7. The number of hydrogen-bond acceptors (Lipinski definition) is 6. The van der Waals surface area contributed by atoms with Crippen molar-refractivity contribution in [3.63, 3.8) is 0 Å². The van der Waals surface area contributed by atoms with Crippen LogP contribution in [-0.2, 0) is 13.0 Å². The Labute approximate surface area is 157 Å². The van der Waals surface area contributed by atoms with Crippen molar-refractivity contribution in [3.05, 3.63) is 72.1 Å². The van der Waals surface area contributed by atoms with Gasteiger partial charge in [-0.1, -0.05) is 42.5 Å². The third-order valence-electron chi connectivity index (χ3n) is 4.33. The lowest BCUT2D eigenvalue weighted by Crippen LogP contribution is -2.07. The summed E-state index contributed by atoms with van der Waals surface area (Å²) in [6.45, 7) is 1.26. The molecular formula is C20H21N7. The van der Waals surface area contributed by atoms with Gasteiger partial charge in [-0.15, -0.1) is 0 Å². The lowest BCUT2D eigenvalue weighted by molar-refractivity contribution is 1.01. The first-order valence-corrected chi connectivity index (χ1v) is 8.86. The number of aromatic nitrogens is 4. The molecule has 0 aliphatic carbocycles. The van der Waals surface area contributed by atoms with E-state index in [0.29, 0.717) is 12.2 Å². The summed E-state index contributed by atoms with van der Waals surface area (Å²) in [5, 5.41) is 14.9. The molecular weight excluding hydrogens is 338 g/mol. The fourth-order valence-electron chi connectivity index (χ4n) is 2.97. The van der Waals surface area contributed by atoms with Gasteiger partial charge in [-0.25, -0.2) is 9.97 Å². The Balaban J connectivity index is 1.55. The minimum absolute atomic E-state index is 0.495. The van der Waals surface area contributed by atoms with Crippen LogP contribution in [-0.4, -0.2) is 26.7 Å². The summed E-state index contributed by atoms with van der Waals surface area (Å²) in [6.07, 6.45) is 2.43. The van der Waals surface area contributed by atoms with E-state index in [1.54, 1.807) is 0 Å². The Morgan fingerprint density at radius 3 is 2.67 bits per heavy atom. The van der Waals surface area contributed by atoms with Crippen molar-refractivity contribution in [3.8, 4) is 0 Å². The predicted molar refractivity (Wildman–Crippen MR) is 108 cm³/mol. The first kappa shape index (κ1) is 17.0. The molecule has 5 N–H and O–H groups in total. The van der Waals surface area contributed by atoms with Crippen LogP contribution in [0.1, 0.15) is 11.1 Å². The van der Waals surface area contributed by atoms with Crippen LogP contribution in [0.4, 0.5) is 17.3 Å². The zero-order valence-electron chi connectivity index (χ0n) is 14.8. The number of nitrogens with two attached hydrogens (primary N) is 1. The summed E-state index contributed by atoms with van der Waals surface area (Å²) < 4.78 is 0. The van der Waals surface area contributed by atoms with E-state index in [1.165, 1.54) is 11.9 Å². The largest absolute Gasteiger partial charge is 0.369 e. The van der Waals surface area contributed by atoms with E-state index in [-0.39, 0.29) is 0 Å². The number of nitrogens with one attached hydrogen (secondary N) is 3. The summed E-state index contributed by atoms with van der Waals surface area (Å²) in [5.74, 6) is 1.50. The summed E-state index contributed by atoms with van der Waals surface area (Å²) >= 11 is 0. The first-order valence-electron chi connectivity index (χ1n) is 8.86. The highest BCUT2D eigenvalue weighted by Gasteiger charge is 2.13. The maximum atomic E-state index is 5.73. The number of aromatic amines is 1. The van der Waals surface area contributed by atoms with Gasteiger partial charge in [0.2, 0.25) is 0 Å². The van der Waals surface area contributed by atoms with Crippen LogP contribution >= 0.6 is 0 Å². The van der Waals surface area contributed by atoms with Crippen molar-refractivity contribution in [2.24, 2.45) is 5.73 Å². The highest BCUT2D eigenvalue weighted by atomic mass is 15.2. The van der Waals surface area contributed by atoms with Crippen molar-refractivity contribution in [1.82, 2.24) is 20.2 Å². The third kappa shape index (κ3) is 3.88. The van der Waals surface area contributed by atoms with Gasteiger partial charge in [-0.3, -0.25) is 5.10 Å². The summed E-state index contributed by atoms with van der Waals surface area (Å²) in [7, 11) is 0. The van der Waals surface area contributed by atoms with Crippen molar-refractivity contribution in [2.45, 2.75) is 13.0 Å². The fourth-order valence-corrected chi connectivity index (χ4v) is 2.97. The molecule has 0 aliphatic heterocycles.